The standard InChI is InChI=1S/C15H12ClF2N5/c16-13-11-12(7-4-5-7)22-23(14(11)21-15(19)20-13)6-8-9(17)2-1-3-10(8)18/h1-3,7H,4-6H2,(H2,19,20,21). The maximum atomic E-state index is 13.9. The van der Waals surface area contributed by atoms with Crippen LogP contribution >= 0.6 is 11.6 Å². The third kappa shape index (κ3) is 2.41. The highest BCUT2D eigenvalue weighted by atomic mass is 35.5. The Balaban J connectivity index is 1.90. The molecule has 0 saturated heterocycles. The molecule has 1 aliphatic carbocycles. The molecule has 8 heteroatoms. The van der Waals surface area contributed by atoms with Crippen molar-refractivity contribution in [3.8, 4) is 0 Å². The maximum Gasteiger partial charge on any atom is 0.223 e. The Labute approximate surface area is 135 Å². The number of nitrogen functional groups attached to an aromatic ring is 1. The van der Waals surface area contributed by atoms with E-state index in [1.165, 1.54) is 22.9 Å². The van der Waals surface area contributed by atoms with Crippen molar-refractivity contribution in [3.63, 3.8) is 0 Å². The molecule has 1 fully saturated rings. The number of anilines is 1. The van der Waals surface area contributed by atoms with E-state index in [0.29, 0.717) is 11.0 Å². The molecule has 3 aromatic rings. The summed E-state index contributed by atoms with van der Waals surface area (Å²) in [6.45, 7) is -0.0888. The van der Waals surface area contributed by atoms with Gasteiger partial charge in [-0.2, -0.15) is 10.1 Å². The molecule has 1 saturated carbocycles. The monoisotopic (exact) mass is 335 g/mol. The molecular weight excluding hydrogens is 324 g/mol. The van der Waals surface area contributed by atoms with E-state index in [0.717, 1.165) is 18.5 Å². The Kier molecular flexibility index (Phi) is 3.19. The zero-order valence-electron chi connectivity index (χ0n) is 11.9. The molecular formula is C15H12ClF2N5. The van der Waals surface area contributed by atoms with Crippen molar-refractivity contribution >= 4 is 28.6 Å². The van der Waals surface area contributed by atoms with Crippen LogP contribution in [0.3, 0.4) is 0 Å². The molecule has 0 amide bonds. The van der Waals surface area contributed by atoms with Gasteiger partial charge in [-0.15, -0.1) is 0 Å². The normalized spacial score (nSPS) is 14.6. The number of benzene rings is 1. The Morgan fingerprint density at radius 3 is 2.57 bits per heavy atom. The summed E-state index contributed by atoms with van der Waals surface area (Å²) < 4.78 is 29.3. The lowest BCUT2D eigenvalue weighted by Gasteiger charge is -2.06. The summed E-state index contributed by atoms with van der Waals surface area (Å²) in [5, 5.41) is 5.30. The van der Waals surface area contributed by atoms with Gasteiger partial charge < -0.3 is 5.73 Å². The predicted octanol–water partition coefficient (Wildman–Crippen LogP) is 3.27. The van der Waals surface area contributed by atoms with Crippen molar-refractivity contribution < 1.29 is 8.78 Å². The highest BCUT2D eigenvalue weighted by Crippen LogP contribution is 2.43. The van der Waals surface area contributed by atoms with Gasteiger partial charge in [0.05, 0.1) is 17.6 Å². The Hall–Kier alpha value is -2.28. The molecule has 1 aliphatic rings. The van der Waals surface area contributed by atoms with Crippen LogP contribution in [0.1, 0.15) is 30.0 Å². The van der Waals surface area contributed by atoms with Crippen LogP contribution in [0.4, 0.5) is 14.7 Å². The molecule has 2 heterocycles. The third-order valence-electron chi connectivity index (χ3n) is 3.93. The van der Waals surface area contributed by atoms with Gasteiger partial charge in [-0.25, -0.2) is 18.4 Å². The van der Waals surface area contributed by atoms with Gasteiger partial charge >= 0.3 is 0 Å². The molecule has 0 spiro atoms. The minimum atomic E-state index is -0.630. The number of halogens is 3. The maximum absolute atomic E-state index is 13.9. The van der Waals surface area contributed by atoms with Gasteiger partial charge in [0.15, 0.2) is 5.65 Å². The number of hydrogen-bond donors (Lipinski definition) is 1. The molecule has 0 bridgehead atoms. The average Bonchev–Trinajstić information content (AvgIpc) is 3.26. The van der Waals surface area contributed by atoms with E-state index in [9.17, 15) is 8.78 Å². The van der Waals surface area contributed by atoms with Crippen molar-refractivity contribution in [2.24, 2.45) is 0 Å². The summed E-state index contributed by atoms with van der Waals surface area (Å²) in [4.78, 5) is 8.12. The highest BCUT2D eigenvalue weighted by Gasteiger charge is 2.31. The van der Waals surface area contributed by atoms with Crippen LogP contribution in [-0.2, 0) is 6.54 Å². The minimum Gasteiger partial charge on any atom is -0.368 e. The highest BCUT2D eigenvalue weighted by molar-refractivity contribution is 6.34. The fraction of sp³-hybridized carbons (Fsp3) is 0.267. The van der Waals surface area contributed by atoms with E-state index in [1.54, 1.807) is 0 Å². The fourth-order valence-electron chi connectivity index (χ4n) is 2.66. The van der Waals surface area contributed by atoms with Crippen LogP contribution in [0.15, 0.2) is 18.2 Å². The van der Waals surface area contributed by atoms with E-state index in [2.05, 4.69) is 15.1 Å². The van der Waals surface area contributed by atoms with Crippen LogP contribution < -0.4 is 5.73 Å². The quantitative estimate of drug-likeness (QED) is 0.746. The van der Waals surface area contributed by atoms with Crippen molar-refractivity contribution in [3.05, 3.63) is 46.2 Å². The van der Waals surface area contributed by atoms with Crippen molar-refractivity contribution in [2.45, 2.75) is 25.3 Å². The average molecular weight is 336 g/mol. The smallest absolute Gasteiger partial charge is 0.223 e. The van der Waals surface area contributed by atoms with Crippen LogP contribution in [0, 0.1) is 11.6 Å². The lowest BCUT2D eigenvalue weighted by Crippen LogP contribution is -2.08. The second kappa shape index (κ2) is 5.13. The van der Waals surface area contributed by atoms with Crippen LogP contribution in [0.25, 0.3) is 11.0 Å². The van der Waals surface area contributed by atoms with Gasteiger partial charge in [0.1, 0.15) is 16.8 Å². The fourth-order valence-corrected chi connectivity index (χ4v) is 2.93. The van der Waals surface area contributed by atoms with Gasteiger partial charge in [0.25, 0.3) is 0 Å². The van der Waals surface area contributed by atoms with Gasteiger partial charge in [0, 0.05) is 11.5 Å². The molecule has 118 valence electrons. The van der Waals surface area contributed by atoms with Crippen molar-refractivity contribution in [2.75, 3.05) is 5.73 Å². The van der Waals surface area contributed by atoms with Gasteiger partial charge in [-0.3, -0.25) is 0 Å². The van der Waals surface area contributed by atoms with Gasteiger partial charge in [-0.1, -0.05) is 17.7 Å². The minimum absolute atomic E-state index is 0.00000231. The first-order valence-corrected chi connectivity index (χ1v) is 7.54. The predicted molar refractivity (Wildman–Crippen MR) is 82.2 cm³/mol. The number of rotatable bonds is 3. The third-order valence-corrected chi connectivity index (χ3v) is 4.20. The first-order chi connectivity index (χ1) is 11.0. The van der Waals surface area contributed by atoms with E-state index >= 15 is 0 Å². The summed E-state index contributed by atoms with van der Waals surface area (Å²) in [6.07, 6.45) is 2.00. The number of nitrogens with two attached hydrogens (primary N) is 1. The second-order valence-corrected chi connectivity index (χ2v) is 5.95. The molecule has 2 N–H and O–H groups in total. The van der Waals surface area contributed by atoms with Crippen molar-refractivity contribution in [1.29, 1.82) is 0 Å². The van der Waals surface area contributed by atoms with Crippen molar-refractivity contribution in [1.82, 2.24) is 19.7 Å². The largest absolute Gasteiger partial charge is 0.368 e. The number of fused-ring (bicyclic) bond motifs is 1. The molecule has 2 aromatic heterocycles. The van der Waals surface area contributed by atoms with E-state index < -0.39 is 11.6 Å². The van der Waals surface area contributed by atoms with Crippen LogP contribution in [0.2, 0.25) is 5.15 Å². The Bertz CT molecular complexity index is 900. The molecule has 0 atom stereocenters. The molecule has 4 rings (SSSR count). The van der Waals surface area contributed by atoms with E-state index in [4.69, 9.17) is 17.3 Å². The number of aromatic nitrogens is 4. The summed E-state index contributed by atoms with van der Waals surface area (Å²) in [7, 11) is 0. The summed E-state index contributed by atoms with van der Waals surface area (Å²) >= 11 is 6.19. The first kappa shape index (κ1) is 14.3. The van der Waals surface area contributed by atoms with Crippen LogP contribution in [0.5, 0.6) is 0 Å². The molecule has 0 aliphatic heterocycles. The number of nitrogens with zero attached hydrogens (tertiary/aromatic N) is 4. The molecule has 5 nitrogen and oxygen atoms in total. The summed E-state index contributed by atoms with van der Waals surface area (Å²) in [6, 6.07) is 3.74. The molecule has 0 radical (unpaired) electrons. The molecule has 1 aromatic carbocycles. The topological polar surface area (TPSA) is 69.6 Å². The van der Waals surface area contributed by atoms with E-state index in [1.807, 2.05) is 0 Å². The lowest BCUT2D eigenvalue weighted by atomic mass is 10.2. The summed E-state index contributed by atoms with van der Waals surface area (Å²) in [5.41, 5.74) is 6.74. The van der Waals surface area contributed by atoms with Gasteiger partial charge in [-0.05, 0) is 25.0 Å². The Morgan fingerprint density at radius 2 is 1.91 bits per heavy atom. The second-order valence-electron chi connectivity index (χ2n) is 5.59. The Morgan fingerprint density at radius 1 is 1.22 bits per heavy atom. The number of hydrogen-bond acceptors (Lipinski definition) is 4. The zero-order chi connectivity index (χ0) is 16.1. The zero-order valence-corrected chi connectivity index (χ0v) is 12.7. The van der Waals surface area contributed by atoms with Gasteiger partial charge in [0.2, 0.25) is 5.95 Å². The molecule has 0 unspecified atom stereocenters. The lowest BCUT2D eigenvalue weighted by molar-refractivity contribution is 0.534. The van der Waals surface area contributed by atoms with Crippen LogP contribution in [-0.4, -0.2) is 19.7 Å². The molecule has 23 heavy (non-hydrogen) atoms. The first-order valence-electron chi connectivity index (χ1n) is 7.17. The van der Waals surface area contributed by atoms with E-state index in [-0.39, 0.29) is 29.1 Å². The SMILES string of the molecule is Nc1nc(Cl)c2c(C3CC3)nn(Cc3c(F)cccc3F)c2n1. The summed E-state index contributed by atoms with van der Waals surface area (Å²) in [5.74, 6) is -0.974.